The molecule has 0 saturated heterocycles. The first kappa shape index (κ1) is 18.8. The molecule has 0 fully saturated rings. The Bertz CT molecular complexity index is 385. The van der Waals surface area contributed by atoms with Crippen molar-refractivity contribution in [2.24, 2.45) is 5.41 Å². The molecule has 1 heteroatoms. The van der Waals surface area contributed by atoms with E-state index in [1.165, 1.54) is 19.3 Å². The molecule has 0 heterocycles. The number of rotatable bonds is 5. The summed E-state index contributed by atoms with van der Waals surface area (Å²) in [4.78, 5) is 0. The summed E-state index contributed by atoms with van der Waals surface area (Å²) in [6, 6.07) is 7.95. The van der Waals surface area contributed by atoms with Gasteiger partial charge in [0.25, 0.3) is 0 Å². The number of hydrogen-bond donors (Lipinski definition) is 0. The predicted octanol–water partition coefficient (Wildman–Crippen LogP) is 6.34. The molecule has 0 unspecified atom stereocenters. The lowest BCUT2D eigenvalue weighted by molar-refractivity contribution is 0.339. The van der Waals surface area contributed by atoms with Crippen LogP contribution in [-0.2, 0) is 0 Å². The normalized spacial score (nSPS) is 10.5. The van der Waals surface area contributed by atoms with Gasteiger partial charge in [-0.25, -0.2) is 0 Å². The van der Waals surface area contributed by atoms with Crippen molar-refractivity contribution in [2.75, 3.05) is 6.61 Å². The van der Waals surface area contributed by atoms with Crippen molar-refractivity contribution in [3.63, 3.8) is 0 Å². The molecule has 0 radical (unpaired) electrons. The number of para-hydroxylation sites is 1. The molecule has 0 amide bonds. The zero-order valence-electron chi connectivity index (χ0n) is 14.3. The Balaban J connectivity index is 0.000000396. The van der Waals surface area contributed by atoms with Crippen molar-refractivity contribution in [3.05, 3.63) is 36.4 Å². The van der Waals surface area contributed by atoms with Gasteiger partial charge in [-0.05, 0) is 37.3 Å². The Labute approximate surface area is 126 Å². The molecule has 1 aromatic carbocycles. The van der Waals surface area contributed by atoms with Crippen molar-refractivity contribution < 1.29 is 4.74 Å². The molecular formula is C19H32O. The Kier molecular flexibility index (Phi) is 9.03. The number of unbranched alkanes of at least 4 members (excludes halogenated alkanes) is 1. The fourth-order valence-corrected chi connectivity index (χ4v) is 1.81. The van der Waals surface area contributed by atoms with Gasteiger partial charge in [-0.15, -0.1) is 0 Å². The first-order valence-electron chi connectivity index (χ1n) is 7.69. The van der Waals surface area contributed by atoms with Crippen molar-refractivity contribution >= 4 is 5.57 Å². The molecule has 0 aliphatic rings. The lowest BCUT2D eigenvalue weighted by atomic mass is 9.90. The highest BCUT2D eigenvalue weighted by Gasteiger charge is 2.07. The molecule has 0 atom stereocenters. The van der Waals surface area contributed by atoms with Crippen LogP contribution in [0.3, 0.4) is 0 Å². The average Bonchev–Trinajstić information content (AvgIpc) is 2.37. The van der Waals surface area contributed by atoms with Crippen LogP contribution in [0.1, 0.15) is 66.4 Å². The summed E-state index contributed by atoms with van der Waals surface area (Å²) in [5.41, 5.74) is 2.69. The number of allylic oxidation sites excluding steroid dienone is 1. The summed E-state index contributed by atoms with van der Waals surface area (Å²) in [5, 5.41) is 0. The monoisotopic (exact) mass is 276 g/mol. The second-order valence-corrected chi connectivity index (χ2v) is 6.37. The van der Waals surface area contributed by atoms with Crippen LogP contribution in [-0.4, -0.2) is 6.61 Å². The van der Waals surface area contributed by atoms with Crippen molar-refractivity contribution in [1.29, 1.82) is 0 Å². The molecule has 20 heavy (non-hydrogen) atoms. The van der Waals surface area contributed by atoms with Crippen molar-refractivity contribution in [1.82, 2.24) is 0 Å². The smallest absolute Gasteiger partial charge is 0.126 e. The summed E-state index contributed by atoms with van der Waals surface area (Å²) in [6.07, 6.45) is 4.07. The van der Waals surface area contributed by atoms with E-state index in [2.05, 4.69) is 34.3 Å². The molecule has 0 bridgehead atoms. The highest BCUT2D eigenvalue weighted by Crippen LogP contribution is 2.24. The van der Waals surface area contributed by atoms with E-state index in [0.717, 1.165) is 16.9 Å². The van der Waals surface area contributed by atoms with E-state index in [4.69, 9.17) is 4.74 Å². The second kappa shape index (κ2) is 9.63. The van der Waals surface area contributed by atoms with E-state index in [9.17, 15) is 0 Å². The molecule has 0 saturated carbocycles. The van der Waals surface area contributed by atoms with Crippen LogP contribution in [0, 0.1) is 5.41 Å². The van der Waals surface area contributed by atoms with Gasteiger partial charge in [-0.2, -0.15) is 0 Å². The largest absolute Gasteiger partial charge is 0.493 e. The summed E-state index contributed by atoms with van der Waals surface area (Å²) < 4.78 is 5.44. The fourth-order valence-electron chi connectivity index (χ4n) is 1.81. The molecule has 0 spiro atoms. The van der Waals surface area contributed by atoms with E-state index in [0.29, 0.717) is 12.0 Å². The maximum Gasteiger partial charge on any atom is 0.126 e. The first-order chi connectivity index (χ1) is 9.31. The van der Waals surface area contributed by atoms with Crippen LogP contribution in [0.15, 0.2) is 30.8 Å². The Morgan fingerprint density at radius 1 is 1.15 bits per heavy atom. The summed E-state index contributed by atoms with van der Waals surface area (Å²) in [7, 11) is 0. The van der Waals surface area contributed by atoms with E-state index in [1.54, 1.807) is 0 Å². The topological polar surface area (TPSA) is 9.23 Å². The van der Waals surface area contributed by atoms with Crippen molar-refractivity contribution in [3.8, 4) is 5.75 Å². The molecule has 1 rings (SSSR count). The quantitative estimate of drug-likeness (QED) is 0.609. The highest BCUT2D eigenvalue weighted by atomic mass is 16.5. The Morgan fingerprint density at radius 3 is 2.15 bits per heavy atom. The first-order valence-corrected chi connectivity index (χ1v) is 7.69. The van der Waals surface area contributed by atoms with Gasteiger partial charge in [-0.3, -0.25) is 0 Å². The molecule has 0 N–H and O–H groups in total. The van der Waals surface area contributed by atoms with Crippen molar-refractivity contribution in [2.45, 2.75) is 60.8 Å². The van der Waals surface area contributed by atoms with Gasteiger partial charge in [0, 0.05) is 5.56 Å². The predicted molar refractivity (Wildman–Crippen MR) is 91.3 cm³/mol. The molecule has 1 aromatic rings. The third-order valence-corrected chi connectivity index (χ3v) is 2.93. The standard InChI is InChI=1S/C11H14O.C8H18/c1-4-12-11-8-6-5-7-10(11)9(2)3;1-5-6-7-8(2,3)4/h5-8H,2,4H2,1,3H3;5-7H2,1-4H3. The molecular weight excluding hydrogens is 244 g/mol. The van der Waals surface area contributed by atoms with Crippen LogP contribution in [0.2, 0.25) is 0 Å². The van der Waals surface area contributed by atoms with Gasteiger partial charge >= 0.3 is 0 Å². The zero-order valence-corrected chi connectivity index (χ0v) is 14.3. The third kappa shape index (κ3) is 8.79. The Hall–Kier alpha value is -1.24. The van der Waals surface area contributed by atoms with Crippen LogP contribution in [0.4, 0.5) is 0 Å². The lowest BCUT2D eigenvalue weighted by Gasteiger charge is -2.16. The van der Waals surface area contributed by atoms with E-state index >= 15 is 0 Å². The molecule has 0 aliphatic heterocycles. The van der Waals surface area contributed by atoms with E-state index in [-0.39, 0.29) is 0 Å². The maximum absolute atomic E-state index is 5.44. The Morgan fingerprint density at radius 2 is 1.75 bits per heavy atom. The lowest BCUT2D eigenvalue weighted by Crippen LogP contribution is -2.03. The second-order valence-electron chi connectivity index (χ2n) is 6.37. The SMILES string of the molecule is C=C(C)c1ccccc1OCC.CCCCC(C)(C)C. The third-order valence-electron chi connectivity index (χ3n) is 2.93. The number of benzene rings is 1. The number of hydrogen-bond acceptors (Lipinski definition) is 1. The average molecular weight is 276 g/mol. The van der Waals surface area contributed by atoms with Gasteiger partial charge in [0.15, 0.2) is 0 Å². The van der Waals surface area contributed by atoms with Gasteiger partial charge < -0.3 is 4.74 Å². The number of ether oxygens (including phenoxy) is 1. The minimum absolute atomic E-state index is 0.552. The minimum atomic E-state index is 0.552. The van der Waals surface area contributed by atoms with Crippen LogP contribution < -0.4 is 4.74 Å². The van der Waals surface area contributed by atoms with E-state index in [1.807, 2.05) is 38.1 Å². The molecule has 0 aliphatic carbocycles. The van der Waals surface area contributed by atoms with Gasteiger partial charge in [0.1, 0.15) is 5.75 Å². The van der Waals surface area contributed by atoms with Gasteiger partial charge in [-0.1, -0.05) is 65.3 Å². The highest BCUT2D eigenvalue weighted by molar-refractivity contribution is 5.66. The zero-order chi connectivity index (χ0) is 15.6. The van der Waals surface area contributed by atoms with Gasteiger partial charge in [0.2, 0.25) is 0 Å². The van der Waals surface area contributed by atoms with Crippen LogP contribution in [0.25, 0.3) is 5.57 Å². The van der Waals surface area contributed by atoms with Crippen LogP contribution in [0.5, 0.6) is 5.75 Å². The summed E-state index contributed by atoms with van der Waals surface area (Å²) in [6.45, 7) is 17.7. The molecule has 0 aromatic heterocycles. The summed E-state index contributed by atoms with van der Waals surface area (Å²) in [5.74, 6) is 0.924. The molecule has 114 valence electrons. The fraction of sp³-hybridized carbons (Fsp3) is 0.579. The van der Waals surface area contributed by atoms with Gasteiger partial charge in [0.05, 0.1) is 6.61 Å². The molecule has 1 nitrogen and oxygen atoms in total. The van der Waals surface area contributed by atoms with E-state index < -0.39 is 0 Å². The van der Waals surface area contributed by atoms with Crippen LogP contribution >= 0.6 is 0 Å². The summed E-state index contributed by atoms with van der Waals surface area (Å²) >= 11 is 0. The maximum atomic E-state index is 5.44. The minimum Gasteiger partial charge on any atom is -0.493 e.